The van der Waals surface area contributed by atoms with Gasteiger partial charge in [-0.15, -0.1) is 11.3 Å². The molecular weight excluding hydrogens is 232 g/mol. The van der Waals surface area contributed by atoms with Crippen molar-refractivity contribution in [3.8, 4) is 0 Å². The smallest absolute Gasteiger partial charge is 0.131 e. The summed E-state index contributed by atoms with van der Waals surface area (Å²) in [6.07, 6.45) is 2.76. The molecule has 2 rings (SSSR count). The normalized spacial score (nSPS) is 10.4. The predicted molar refractivity (Wildman–Crippen MR) is 71.5 cm³/mol. The number of thiophene rings is 1. The monoisotopic (exact) mass is 248 g/mol. The second-order valence-corrected chi connectivity index (χ2v) is 4.68. The van der Waals surface area contributed by atoms with E-state index in [4.69, 9.17) is 4.74 Å². The van der Waals surface area contributed by atoms with Crippen LogP contribution in [0, 0.1) is 0 Å². The number of ether oxygens (including phenoxy) is 1. The molecule has 17 heavy (non-hydrogen) atoms. The van der Waals surface area contributed by atoms with Gasteiger partial charge in [-0.05, 0) is 17.5 Å². The predicted octanol–water partition coefficient (Wildman–Crippen LogP) is 2.94. The lowest BCUT2D eigenvalue weighted by Gasteiger charge is -2.08. The van der Waals surface area contributed by atoms with Crippen LogP contribution in [0.1, 0.15) is 10.4 Å². The summed E-state index contributed by atoms with van der Waals surface area (Å²) in [7, 11) is 1.87. The van der Waals surface area contributed by atoms with Gasteiger partial charge < -0.3 is 10.1 Å². The molecule has 0 atom stereocenters. The molecule has 1 N–H and O–H groups in total. The molecule has 0 bridgehead atoms. The Balaban J connectivity index is 1.78. The van der Waals surface area contributed by atoms with Crippen molar-refractivity contribution in [2.75, 3.05) is 19.0 Å². The largest absolute Gasteiger partial charge is 0.376 e. The highest BCUT2D eigenvalue weighted by atomic mass is 32.1. The van der Waals surface area contributed by atoms with E-state index in [0.717, 1.165) is 24.4 Å². The van der Waals surface area contributed by atoms with Gasteiger partial charge in [0.15, 0.2) is 0 Å². The SMILES string of the molecule is CNc1ncccc1COCCc1cccs1. The second kappa shape index (κ2) is 6.37. The Morgan fingerprint density at radius 3 is 3.06 bits per heavy atom. The van der Waals surface area contributed by atoms with E-state index in [1.165, 1.54) is 4.88 Å². The van der Waals surface area contributed by atoms with E-state index >= 15 is 0 Å². The fourth-order valence-corrected chi connectivity index (χ4v) is 2.28. The van der Waals surface area contributed by atoms with Gasteiger partial charge in [-0.2, -0.15) is 0 Å². The van der Waals surface area contributed by atoms with Gasteiger partial charge in [0, 0.05) is 30.1 Å². The Hall–Kier alpha value is -1.39. The lowest BCUT2D eigenvalue weighted by molar-refractivity contribution is 0.124. The minimum absolute atomic E-state index is 0.607. The molecule has 0 unspecified atom stereocenters. The van der Waals surface area contributed by atoms with Crippen LogP contribution in [0.25, 0.3) is 0 Å². The van der Waals surface area contributed by atoms with Crippen molar-refractivity contribution in [1.82, 2.24) is 4.98 Å². The van der Waals surface area contributed by atoms with Crippen LogP contribution >= 0.6 is 11.3 Å². The van der Waals surface area contributed by atoms with E-state index in [-0.39, 0.29) is 0 Å². The summed E-state index contributed by atoms with van der Waals surface area (Å²) in [5, 5.41) is 5.15. The summed E-state index contributed by atoms with van der Waals surface area (Å²) in [5.41, 5.74) is 1.10. The van der Waals surface area contributed by atoms with Crippen LogP contribution in [0.3, 0.4) is 0 Å². The van der Waals surface area contributed by atoms with Gasteiger partial charge in [0.05, 0.1) is 13.2 Å². The minimum Gasteiger partial charge on any atom is -0.376 e. The minimum atomic E-state index is 0.607. The quantitative estimate of drug-likeness (QED) is 0.798. The van der Waals surface area contributed by atoms with E-state index < -0.39 is 0 Å². The average Bonchev–Trinajstić information content (AvgIpc) is 2.88. The summed E-state index contributed by atoms with van der Waals surface area (Å²) >= 11 is 1.77. The Kier molecular flexibility index (Phi) is 4.53. The fraction of sp³-hybridized carbons (Fsp3) is 0.308. The van der Waals surface area contributed by atoms with Gasteiger partial charge in [-0.3, -0.25) is 0 Å². The number of nitrogens with one attached hydrogen (secondary N) is 1. The second-order valence-electron chi connectivity index (χ2n) is 3.64. The standard InChI is InChI=1S/C13H16N2OS/c1-14-13-11(4-2-7-15-13)10-16-8-6-12-5-3-9-17-12/h2-5,7,9H,6,8,10H2,1H3,(H,14,15). The van der Waals surface area contributed by atoms with Crippen molar-refractivity contribution in [3.63, 3.8) is 0 Å². The number of nitrogens with zero attached hydrogens (tertiary/aromatic N) is 1. The Labute approximate surface area is 105 Å². The first-order chi connectivity index (χ1) is 8.40. The zero-order chi connectivity index (χ0) is 11.9. The lowest BCUT2D eigenvalue weighted by Crippen LogP contribution is -2.02. The third-order valence-electron chi connectivity index (χ3n) is 2.46. The molecule has 3 nitrogen and oxygen atoms in total. The molecule has 0 aliphatic heterocycles. The maximum Gasteiger partial charge on any atom is 0.131 e. The summed E-state index contributed by atoms with van der Waals surface area (Å²) in [6.45, 7) is 1.36. The van der Waals surface area contributed by atoms with Crippen LogP contribution in [0.5, 0.6) is 0 Å². The maximum absolute atomic E-state index is 5.66. The van der Waals surface area contributed by atoms with Crippen molar-refractivity contribution in [3.05, 3.63) is 46.3 Å². The number of aromatic nitrogens is 1. The average molecular weight is 248 g/mol. The third-order valence-corrected chi connectivity index (χ3v) is 3.39. The topological polar surface area (TPSA) is 34.2 Å². The molecule has 0 radical (unpaired) electrons. The lowest BCUT2D eigenvalue weighted by atomic mass is 10.2. The molecule has 2 heterocycles. The number of hydrogen-bond acceptors (Lipinski definition) is 4. The van der Waals surface area contributed by atoms with Crippen LogP contribution in [-0.2, 0) is 17.8 Å². The molecule has 0 amide bonds. The van der Waals surface area contributed by atoms with Crippen molar-refractivity contribution < 1.29 is 4.74 Å². The van der Waals surface area contributed by atoms with Crippen molar-refractivity contribution in [1.29, 1.82) is 0 Å². The molecular formula is C13H16N2OS. The van der Waals surface area contributed by atoms with Gasteiger partial charge in [0.25, 0.3) is 0 Å². The summed E-state index contributed by atoms with van der Waals surface area (Å²) < 4.78 is 5.66. The van der Waals surface area contributed by atoms with Crippen LogP contribution in [0.2, 0.25) is 0 Å². The molecule has 0 saturated heterocycles. The highest BCUT2D eigenvalue weighted by molar-refractivity contribution is 7.09. The van der Waals surface area contributed by atoms with E-state index in [1.54, 1.807) is 17.5 Å². The fourth-order valence-electron chi connectivity index (χ4n) is 1.59. The third kappa shape index (κ3) is 3.54. The van der Waals surface area contributed by atoms with Crippen LogP contribution in [-0.4, -0.2) is 18.6 Å². The molecule has 90 valence electrons. The highest BCUT2D eigenvalue weighted by Crippen LogP contribution is 2.13. The molecule has 0 saturated carbocycles. The van der Waals surface area contributed by atoms with E-state index in [0.29, 0.717) is 6.61 Å². The molecule has 0 aromatic carbocycles. The van der Waals surface area contributed by atoms with Crippen LogP contribution < -0.4 is 5.32 Å². The number of rotatable bonds is 6. The van der Waals surface area contributed by atoms with Crippen molar-refractivity contribution in [2.45, 2.75) is 13.0 Å². The summed E-state index contributed by atoms with van der Waals surface area (Å²) in [6, 6.07) is 8.17. The molecule has 2 aromatic heterocycles. The van der Waals surface area contributed by atoms with Crippen molar-refractivity contribution >= 4 is 17.2 Å². The molecule has 0 aliphatic rings. The molecule has 0 spiro atoms. The van der Waals surface area contributed by atoms with Crippen LogP contribution in [0.4, 0.5) is 5.82 Å². The molecule has 0 aliphatic carbocycles. The van der Waals surface area contributed by atoms with E-state index in [9.17, 15) is 0 Å². The highest BCUT2D eigenvalue weighted by Gasteiger charge is 2.01. The zero-order valence-electron chi connectivity index (χ0n) is 9.85. The van der Waals surface area contributed by atoms with E-state index in [2.05, 4.69) is 27.8 Å². The number of hydrogen-bond donors (Lipinski definition) is 1. The van der Waals surface area contributed by atoms with Gasteiger partial charge in [0.2, 0.25) is 0 Å². The maximum atomic E-state index is 5.66. The Bertz CT molecular complexity index is 442. The number of anilines is 1. The first-order valence-electron chi connectivity index (χ1n) is 5.62. The van der Waals surface area contributed by atoms with Crippen molar-refractivity contribution in [2.24, 2.45) is 0 Å². The zero-order valence-corrected chi connectivity index (χ0v) is 10.7. The van der Waals surface area contributed by atoms with Gasteiger partial charge in [-0.25, -0.2) is 4.98 Å². The first-order valence-corrected chi connectivity index (χ1v) is 6.50. The molecule has 4 heteroatoms. The van der Waals surface area contributed by atoms with Gasteiger partial charge in [-0.1, -0.05) is 12.1 Å². The summed E-state index contributed by atoms with van der Waals surface area (Å²) in [4.78, 5) is 5.60. The van der Waals surface area contributed by atoms with Gasteiger partial charge >= 0.3 is 0 Å². The molecule has 2 aromatic rings. The number of pyridine rings is 1. The first kappa shape index (κ1) is 12.1. The van der Waals surface area contributed by atoms with Crippen LogP contribution in [0.15, 0.2) is 35.8 Å². The molecule has 0 fully saturated rings. The summed E-state index contributed by atoms with van der Waals surface area (Å²) in [5.74, 6) is 0.892. The Morgan fingerprint density at radius 1 is 1.35 bits per heavy atom. The van der Waals surface area contributed by atoms with E-state index in [1.807, 2.05) is 19.2 Å². The Morgan fingerprint density at radius 2 is 2.29 bits per heavy atom. The van der Waals surface area contributed by atoms with Gasteiger partial charge in [0.1, 0.15) is 5.82 Å².